The molecular formula is C18H29NO. The van der Waals surface area contributed by atoms with E-state index in [1.54, 1.807) is 0 Å². The molecule has 0 aromatic heterocycles. The van der Waals surface area contributed by atoms with Crippen LogP contribution in [0.4, 0.5) is 0 Å². The first-order valence-corrected chi connectivity index (χ1v) is 8.00. The van der Waals surface area contributed by atoms with E-state index < -0.39 is 0 Å². The summed E-state index contributed by atoms with van der Waals surface area (Å²) < 4.78 is 0. The average molecular weight is 275 g/mol. The summed E-state index contributed by atoms with van der Waals surface area (Å²) in [6.45, 7) is 4.97. The second-order valence-corrected chi connectivity index (χ2v) is 7.03. The maximum atomic E-state index is 9.63. The molecule has 1 aliphatic rings. The largest absolute Gasteiger partial charge is 0.395 e. The molecule has 1 aliphatic carbocycles. The monoisotopic (exact) mass is 275 g/mol. The first-order valence-electron chi connectivity index (χ1n) is 8.00. The Morgan fingerprint density at radius 2 is 1.95 bits per heavy atom. The van der Waals surface area contributed by atoms with Gasteiger partial charge >= 0.3 is 0 Å². The van der Waals surface area contributed by atoms with Crippen LogP contribution in [0, 0.1) is 5.41 Å². The Hall–Kier alpha value is -0.860. The standard InChI is InChI=1S/C18H29NO/c1-18(2)11-6-9-16(10-12-18)19-17(14-20)13-15-7-4-3-5-8-15/h3-5,7-8,16-17,19-20H,6,9-14H2,1-2H3/t16?,17-/m1/s1. The van der Waals surface area contributed by atoms with Gasteiger partial charge in [0.25, 0.3) is 0 Å². The van der Waals surface area contributed by atoms with E-state index >= 15 is 0 Å². The number of hydrogen-bond donors (Lipinski definition) is 2. The molecule has 20 heavy (non-hydrogen) atoms. The number of hydrogen-bond acceptors (Lipinski definition) is 2. The Balaban J connectivity index is 1.86. The summed E-state index contributed by atoms with van der Waals surface area (Å²) in [4.78, 5) is 0. The number of nitrogens with one attached hydrogen (secondary N) is 1. The van der Waals surface area contributed by atoms with Crippen molar-refractivity contribution >= 4 is 0 Å². The van der Waals surface area contributed by atoms with E-state index in [0.717, 1.165) is 6.42 Å². The Labute approximate surface area is 123 Å². The molecule has 0 bridgehead atoms. The van der Waals surface area contributed by atoms with E-state index in [0.29, 0.717) is 11.5 Å². The normalized spacial score (nSPS) is 24.1. The summed E-state index contributed by atoms with van der Waals surface area (Å²) >= 11 is 0. The number of rotatable bonds is 5. The second kappa shape index (κ2) is 7.24. The van der Waals surface area contributed by atoms with Crippen LogP contribution in [0.15, 0.2) is 30.3 Å². The molecule has 1 unspecified atom stereocenters. The molecule has 2 atom stereocenters. The lowest BCUT2D eigenvalue weighted by molar-refractivity contribution is 0.224. The van der Waals surface area contributed by atoms with Crippen molar-refractivity contribution in [2.75, 3.05) is 6.61 Å². The summed E-state index contributed by atoms with van der Waals surface area (Å²) in [6, 6.07) is 11.2. The highest BCUT2D eigenvalue weighted by Crippen LogP contribution is 2.33. The molecule has 112 valence electrons. The third kappa shape index (κ3) is 4.92. The minimum atomic E-state index is 0.184. The van der Waals surface area contributed by atoms with Gasteiger partial charge in [0.1, 0.15) is 0 Å². The molecule has 1 aromatic rings. The van der Waals surface area contributed by atoms with Gasteiger partial charge in [-0.25, -0.2) is 0 Å². The predicted octanol–water partition coefficient (Wildman–Crippen LogP) is 3.54. The molecule has 1 fully saturated rings. The average Bonchev–Trinajstić information content (AvgIpc) is 2.60. The van der Waals surface area contributed by atoms with Crippen LogP contribution in [0.25, 0.3) is 0 Å². The van der Waals surface area contributed by atoms with Gasteiger partial charge in [0, 0.05) is 12.1 Å². The van der Waals surface area contributed by atoms with Crippen molar-refractivity contribution < 1.29 is 5.11 Å². The van der Waals surface area contributed by atoms with Crippen molar-refractivity contribution in [3.8, 4) is 0 Å². The van der Waals surface area contributed by atoms with E-state index in [4.69, 9.17) is 0 Å². The lowest BCUT2D eigenvalue weighted by Crippen LogP contribution is -2.41. The van der Waals surface area contributed by atoms with Gasteiger partial charge < -0.3 is 10.4 Å². The van der Waals surface area contributed by atoms with Gasteiger partial charge in [-0.05, 0) is 43.1 Å². The summed E-state index contributed by atoms with van der Waals surface area (Å²) in [7, 11) is 0. The summed E-state index contributed by atoms with van der Waals surface area (Å²) in [5.74, 6) is 0. The highest BCUT2D eigenvalue weighted by molar-refractivity contribution is 5.16. The molecule has 1 saturated carbocycles. The number of aliphatic hydroxyl groups excluding tert-OH is 1. The Morgan fingerprint density at radius 3 is 2.65 bits per heavy atom. The van der Waals surface area contributed by atoms with Crippen molar-refractivity contribution in [3.63, 3.8) is 0 Å². The van der Waals surface area contributed by atoms with Gasteiger partial charge in [-0.1, -0.05) is 50.6 Å². The SMILES string of the molecule is CC1(C)CCCC(N[C@@H](CO)Cc2ccccc2)CC1. The zero-order chi connectivity index (χ0) is 14.4. The van der Waals surface area contributed by atoms with E-state index in [-0.39, 0.29) is 12.6 Å². The van der Waals surface area contributed by atoms with Gasteiger partial charge in [0.2, 0.25) is 0 Å². The van der Waals surface area contributed by atoms with Crippen LogP contribution in [0.3, 0.4) is 0 Å². The van der Waals surface area contributed by atoms with Crippen LogP contribution in [0.2, 0.25) is 0 Å². The molecule has 2 rings (SSSR count). The van der Waals surface area contributed by atoms with E-state index in [1.807, 2.05) is 6.07 Å². The van der Waals surface area contributed by atoms with Crippen molar-refractivity contribution in [1.82, 2.24) is 5.32 Å². The van der Waals surface area contributed by atoms with E-state index in [2.05, 4.69) is 43.4 Å². The Morgan fingerprint density at radius 1 is 1.20 bits per heavy atom. The molecule has 0 saturated heterocycles. The number of aliphatic hydroxyl groups is 1. The first kappa shape index (κ1) is 15.5. The van der Waals surface area contributed by atoms with Crippen molar-refractivity contribution in [1.29, 1.82) is 0 Å². The van der Waals surface area contributed by atoms with Gasteiger partial charge in [-0.15, -0.1) is 0 Å². The topological polar surface area (TPSA) is 32.3 Å². The fraction of sp³-hybridized carbons (Fsp3) is 0.667. The van der Waals surface area contributed by atoms with Crippen LogP contribution in [0.1, 0.15) is 51.5 Å². The third-order valence-corrected chi connectivity index (χ3v) is 4.59. The maximum absolute atomic E-state index is 9.63. The second-order valence-electron chi connectivity index (χ2n) is 7.03. The minimum Gasteiger partial charge on any atom is -0.395 e. The maximum Gasteiger partial charge on any atom is 0.0587 e. The van der Waals surface area contributed by atoms with Crippen LogP contribution >= 0.6 is 0 Å². The first-order chi connectivity index (χ1) is 9.59. The summed E-state index contributed by atoms with van der Waals surface area (Å²) in [5, 5.41) is 13.3. The van der Waals surface area contributed by atoms with Crippen LogP contribution in [0.5, 0.6) is 0 Å². The zero-order valence-electron chi connectivity index (χ0n) is 12.9. The van der Waals surface area contributed by atoms with Crippen LogP contribution in [-0.4, -0.2) is 23.8 Å². The van der Waals surface area contributed by atoms with Gasteiger partial charge in [0.15, 0.2) is 0 Å². The quantitative estimate of drug-likeness (QED) is 0.806. The molecule has 0 heterocycles. The lowest BCUT2D eigenvalue weighted by Gasteiger charge is -2.25. The molecule has 2 nitrogen and oxygen atoms in total. The highest BCUT2D eigenvalue weighted by atomic mass is 16.3. The molecule has 2 N–H and O–H groups in total. The fourth-order valence-corrected chi connectivity index (χ4v) is 3.24. The smallest absolute Gasteiger partial charge is 0.0587 e. The Kier molecular flexibility index (Phi) is 5.62. The molecule has 0 amide bonds. The summed E-state index contributed by atoms with van der Waals surface area (Å²) in [5.41, 5.74) is 1.79. The van der Waals surface area contributed by atoms with E-state index in [1.165, 1.54) is 37.7 Å². The van der Waals surface area contributed by atoms with Crippen LogP contribution in [-0.2, 0) is 6.42 Å². The molecule has 0 spiro atoms. The van der Waals surface area contributed by atoms with Crippen molar-refractivity contribution in [2.45, 2.75) is 64.5 Å². The van der Waals surface area contributed by atoms with Gasteiger partial charge in [0.05, 0.1) is 6.61 Å². The lowest BCUT2D eigenvalue weighted by atomic mass is 9.85. The third-order valence-electron chi connectivity index (χ3n) is 4.59. The highest BCUT2D eigenvalue weighted by Gasteiger charge is 2.25. The van der Waals surface area contributed by atoms with Crippen molar-refractivity contribution in [2.24, 2.45) is 5.41 Å². The van der Waals surface area contributed by atoms with Gasteiger partial charge in [-0.2, -0.15) is 0 Å². The van der Waals surface area contributed by atoms with E-state index in [9.17, 15) is 5.11 Å². The number of benzene rings is 1. The zero-order valence-corrected chi connectivity index (χ0v) is 12.9. The van der Waals surface area contributed by atoms with Gasteiger partial charge in [-0.3, -0.25) is 0 Å². The Bertz CT molecular complexity index is 388. The van der Waals surface area contributed by atoms with Crippen LogP contribution < -0.4 is 5.32 Å². The molecule has 0 radical (unpaired) electrons. The molecule has 0 aliphatic heterocycles. The molecular weight excluding hydrogens is 246 g/mol. The molecule has 1 aromatic carbocycles. The fourth-order valence-electron chi connectivity index (χ4n) is 3.24. The predicted molar refractivity (Wildman–Crippen MR) is 84.8 cm³/mol. The minimum absolute atomic E-state index is 0.184. The van der Waals surface area contributed by atoms with Crippen molar-refractivity contribution in [3.05, 3.63) is 35.9 Å². The summed E-state index contributed by atoms with van der Waals surface area (Å²) in [6.07, 6.45) is 7.31. The molecule has 2 heteroatoms.